The molecule has 16 heavy (non-hydrogen) atoms. The number of hydrogen-bond acceptors (Lipinski definition) is 4. The maximum Gasteiger partial charge on any atom is 0.152 e. The molecule has 1 aliphatic heterocycles. The van der Waals surface area contributed by atoms with Crippen LogP contribution in [0.2, 0.25) is 0 Å². The van der Waals surface area contributed by atoms with Crippen LogP contribution in [-0.4, -0.2) is 31.8 Å². The molecule has 1 unspecified atom stereocenters. The van der Waals surface area contributed by atoms with Crippen molar-refractivity contribution >= 4 is 11.5 Å². The van der Waals surface area contributed by atoms with Gasteiger partial charge < -0.3 is 15.4 Å². The number of nitrogens with zero attached hydrogens (tertiary/aromatic N) is 2. The molecule has 0 bridgehead atoms. The quantitative estimate of drug-likeness (QED) is 0.839. The molecule has 88 valence electrons. The van der Waals surface area contributed by atoms with Gasteiger partial charge in [-0.25, -0.2) is 4.98 Å². The Morgan fingerprint density at radius 1 is 1.56 bits per heavy atom. The summed E-state index contributed by atoms with van der Waals surface area (Å²) in [6.07, 6.45) is 1.16. The molecule has 2 heterocycles. The number of methoxy groups -OCH3 is 1. The molecule has 0 radical (unpaired) electrons. The summed E-state index contributed by atoms with van der Waals surface area (Å²) in [7, 11) is 1.75. The van der Waals surface area contributed by atoms with E-state index in [1.807, 2.05) is 19.1 Å². The minimum atomic E-state index is 0.603. The number of aromatic nitrogens is 1. The van der Waals surface area contributed by atoms with Gasteiger partial charge in [0.1, 0.15) is 0 Å². The van der Waals surface area contributed by atoms with E-state index >= 15 is 0 Å². The zero-order valence-electron chi connectivity index (χ0n) is 9.94. The molecule has 1 aromatic heterocycles. The summed E-state index contributed by atoms with van der Waals surface area (Å²) in [5.41, 5.74) is 7.73. The first kappa shape index (κ1) is 11.2. The molecule has 4 heteroatoms. The summed E-state index contributed by atoms with van der Waals surface area (Å²) >= 11 is 0. The van der Waals surface area contributed by atoms with E-state index in [2.05, 4.69) is 9.88 Å². The second-order valence-corrected chi connectivity index (χ2v) is 4.42. The molecule has 1 atom stereocenters. The molecule has 0 aromatic carbocycles. The van der Waals surface area contributed by atoms with Gasteiger partial charge in [0.05, 0.1) is 12.3 Å². The van der Waals surface area contributed by atoms with Gasteiger partial charge in [0, 0.05) is 31.8 Å². The second-order valence-electron chi connectivity index (χ2n) is 4.42. The molecular weight excluding hydrogens is 202 g/mol. The molecule has 2 N–H and O–H groups in total. The topological polar surface area (TPSA) is 51.4 Å². The number of rotatable bonds is 3. The Balaban J connectivity index is 2.11. The van der Waals surface area contributed by atoms with E-state index in [1.54, 1.807) is 7.11 Å². The molecule has 0 aliphatic carbocycles. The van der Waals surface area contributed by atoms with Crippen LogP contribution in [-0.2, 0) is 4.74 Å². The lowest BCUT2D eigenvalue weighted by Gasteiger charge is -2.19. The zero-order valence-corrected chi connectivity index (χ0v) is 9.94. The van der Waals surface area contributed by atoms with Crippen molar-refractivity contribution in [2.24, 2.45) is 5.92 Å². The molecule has 0 spiro atoms. The Morgan fingerprint density at radius 2 is 2.38 bits per heavy atom. The summed E-state index contributed by atoms with van der Waals surface area (Å²) < 4.78 is 5.19. The number of nitrogen functional groups attached to an aromatic ring is 1. The second kappa shape index (κ2) is 4.70. The van der Waals surface area contributed by atoms with Crippen molar-refractivity contribution in [3.8, 4) is 0 Å². The fourth-order valence-corrected chi connectivity index (χ4v) is 2.20. The van der Waals surface area contributed by atoms with Crippen molar-refractivity contribution in [3.05, 3.63) is 17.8 Å². The summed E-state index contributed by atoms with van der Waals surface area (Å²) in [4.78, 5) is 6.77. The van der Waals surface area contributed by atoms with Crippen LogP contribution >= 0.6 is 0 Å². The van der Waals surface area contributed by atoms with Crippen LogP contribution in [0.15, 0.2) is 12.1 Å². The van der Waals surface area contributed by atoms with Crippen molar-refractivity contribution in [1.29, 1.82) is 0 Å². The summed E-state index contributed by atoms with van der Waals surface area (Å²) in [5, 5.41) is 0. The van der Waals surface area contributed by atoms with Crippen molar-refractivity contribution in [2.75, 3.05) is 37.4 Å². The van der Waals surface area contributed by atoms with Crippen LogP contribution in [0.5, 0.6) is 0 Å². The van der Waals surface area contributed by atoms with Crippen LogP contribution in [0, 0.1) is 12.8 Å². The van der Waals surface area contributed by atoms with Crippen molar-refractivity contribution < 1.29 is 4.74 Å². The first-order valence-electron chi connectivity index (χ1n) is 5.67. The molecule has 1 aliphatic rings. The molecule has 4 nitrogen and oxygen atoms in total. The van der Waals surface area contributed by atoms with E-state index in [-0.39, 0.29) is 0 Å². The van der Waals surface area contributed by atoms with Crippen LogP contribution < -0.4 is 10.6 Å². The van der Waals surface area contributed by atoms with Gasteiger partial charge in [0.2, 0.25) is 0 Å². The fourth-order valence-electron chi connectivity index (χ4n) is 2.20. The third kappa shape index (κ3) is 2.27. The largest absolute Gasteiger partial charge is 0.396 e. The van der Waals surface area contributed by atoms with Crippen molar-refractivity contribution in [3.63, 3.8) is 0 Å². The van der Waals surface area contributed by atoms with Crippen LogP contribution in [0.25, 0.3) is 0 Å². The molecule has 0 saturated carbocycles. The molecule has 0 amide bonds. The number of ether oxygens (including phenoxy) is 1. The van der Waals surface area contributed by atoms with E-state index in [0.29, 0.717) is 5.92 Å². The molecular formula is C12H19N3O. The van der Waals surface area contributed by atoms with Gasteiger partial charge in [-0.05, 0) is 25.5 Å². The Morgan fingerprint density at radius 3 is 3.12 bits per heavy atom. The first-order valence-corrected chi connectivity index (χ1v) is 5.67. The standard InChI is InChI=1S/C12H19N3O/c1-9-3-4-11(13)12(14-9)15-6-5-10(7-15)8-16-2/h3-4,10H,5-8,13H2,1-2H3. The molecule has 1 saturated heterocycles. The Labute approximate surface area is 96.4 Å². The highest BCUT2D eigenvalue weighted by Gasteiger charge is 2.24. The lowest BCUT2D eigenvalue weighted by atomic mass is 10.1. The average Bonchev–Trinajstić information content (AvgIpc) is 2.71. The van der Waals surface area contributed by atoms with Crippen LogP contribution in [0.4, 0.5) is 11.5 Å². The highest BCUT2D eigenvalue weighted by atomic mass is 16.5. The average molecular weight is 221 g/mol. The number of pyridine rings is 1. The SMILES string of the molecule is COCC1CCN(c2nc(C)ccc2N)C1. The van der Waals surface area contributed by atoms with Crippen LogP contribution in [0.3, 0.4) is 0 Å². The maximum absolute atomic E-state index is 5.95. The Bertz CT molecular complexity index is 367. The predicted molar refractivity (Wildman–Crippen MR) is 65.6 cm³/mol. The molecule has 2 rings (SSSR count). The van der Waals surface area contributed by atoms with Crippen LogP contribution in [0.1, 0.15) is 12.1 Å². The van der Waals surface area contributed by atoms with E-state index in [9.17, 15) is 0 Å². The number of anilines is 2. The highest BCUT2D eigenvalue weighted by molar-refractivity contribution is 5.63. The third-order valence-electron chi connectivity index (χ3n) is 3.03. The normalized spacial score (nSPS) is 20.4. The third-order valence-corrected chi connectivity index (χ3v) is 3.03. The van der Waals surface area contributed by atoms with Gasteiger partial charge in [-0.1, -0.05) is 0 Å². The smallest absolute Gasteiger partial charge is 0.152 e. The van der Waals surface area contributed by atoms with Gasteiger partial charge in [-0.15, -0.1) is 0 Å². The lowest BCUT2D eigenvalue weighted by molar-refractivity contribution is 0.161. The zero-order chi connectivity index (χ0) is 11.5. The minimum Gasteiger partial charge on any atom is -0.396 e. The maximum atomic E-state index is 5.95. The summed E-state index contributed by atoms with van der Waals surface area (Å²) in [5.74, 6) is 1.53. The van der Waals surface area contributed by atoms with Crippen molar-refractivity contribution in [1.82, 2.24) is 4.98 Å². The predicted octanol–water partition coefficient (Wildman–Crippen LogP) is 1.44. The van der Waals surface area contributed by atoms with Gasteiger partial charge >= 0.3 is 0 Å². The van der Waals surface area contributed by atoms with Gasteiger partial charge in [0.25, 0.3) is 0 Å². The number of nitrogens with two attached hydrogens (primary N) is 1. The Hall–Kier alpha value is -1.29. The summed E-state index contributed by atoms with van der Waals surface area (Å²) in [6.45, 7) is 4.83. The van der Waals surface area contributed by atoms with Gasteiger partial charge in [0.15, 0.2) is 5.82 Å². The van der Waals surface area contributed by atoms with Gasteiger partial charge in [-0.3, -0.25) is 0 Å². The van der Waals surface area contributed by atoms with E-state index in [0.717, 1.165) is 43.3 Å². The lowest BCUT2D eigenvalue weighted by Crippen LogP contribution is -2.23. The summed E-state index contributed by atoms with van der Waals surface area (Å²) in [6, 6.07) is 3.88. The minimum absolute atomic E-state index is 0.603. The van der Waals surface area contributed by atoms with E-state index in [4.69, 9.17) is 10.5 Å². The van der Waals surface area contributed by atoms with Gasteiger partial charge in [-0.2, -0.15) is 0 Å². The molecule has 1 aromatic rings. The first-order chi connectivity index (χ1) is 7.70. The fraction of sp³-hybridized carbons (Fsp3) is 0.583. The molecule has 1 fully saturated rings. The van der Waals surface area contributed by atoms with Crippen molar-refractivity contribution in [2.45, 2.75) is 13.3 Å². The highest BCUT2D eigenvalue weighted by Crippen LogP contribution is 2.27. The van der Waals surface area contributed by atoms with E-state index < -0.39 is 0 Å². The monoisotopic (exact) mass is 221 g/mol. The number of hydrogen-bond donors (Lipinski definition) is 1. The van der Waals surface area contributed by atoms with E-state index in [1.165, 1.54) is 0 Å². The Kier molecular flexibility index (Phi) is 3.29. The number of aryl methyl sites for hydroxylation is 1.